The summed E-state index contributed by atoms with van der Waals surface area (Å²) in [5.41, 5.74) is 1.85. The molecule has 1 aliphatic rings. The summed E-state index contributed by atoms with van der Waals surface area (Å²) in [6.45, 7) is 0. The van der Waals surface area contributed by atoms with Gasteiger partial charge >= 0.3 is 0 Å². The average molecular weight is 414 g/mol. The number of carbonyl (C=O) groups excluding carboxylic acids is 1. The van der Waals surface area contributed by atoms with Crippen molar-refractivity contribution in [2.24, 2.45) is 0 Å². The van der Waals surface area contributed by atoms with E-state index < -0.39 is 0 Å². The van der Waals surface area contributed by atoms with Crippen molar-refractivity contribution in [1.29, 1.82) is 0 Å². The average Bonchev–Trinajstić information content (AvgIpc) is 3.44. The number of rotatable bonds is 5. The van der Waals surface area contributed by atoms with Gasteiger partial charge in [0.1, 0.15) is 5.03 Å². The van der Waals surface area contributed by atoms with Gasteiger partial charge in [0.2, 0.25) is 5.91 Å². The zero-order valence-electron chi connectivity index (χ0n) is 13.4. The first kappa shape index (κ1) is 16.5. The lowest BCUT2D eigenvalue weighted by Crippen LogP contribution is -2.27. The number of fused-ring (bicyclic) bond motifs is 1. The molecule has 1 amide bonds. The Morgan fingerprint density at radius 2 is 1.88 bits per heavy atom. The van der Waals surface area contributed by atoms with Crippen molar-refractivity contribution >= 4 is 44.5 Å². The standard InChI is InChI=1S/C19H16BrN3OS/c20-13-7-5-12(6-8-13)18-22-16-4-2-1-3-15(16)19(23-18)25-11-17(24)21-14-9-10-14/h1-8,14H,9-11H2,(H,21,24). The molecule has 1 fully saturated rings. The number of carbonyl (C=O) groups is 1. The first-order chi connectivity index (χ1) is 12.2. The van der Waals surface area contributed by atoms with E-state index in [4.69, 9.17) is 4.98 Å². The Morgan fingerprint density at radius 3 is 2.64 bits per heavy atom. The Morgan fingerprint density at radius 1 is 1.12 bits per heavy atom. The minimum absolute atomic E-state index is 0.0698. The molecule has 0 saturated heterocycles. The number of nitrogens with one attached hydrogen (secondary N) is 1. The van der Waals surface area contributed by atoms with Crippen LogP contribution in [0, 0.1) is 0 Å². The van der Waals surface area contributed by atoms with Crippen LogP contribution in [0.3, 0.4) is 0 Å². The molecular weight excluding hydrogens is 398 g/mol. The van der Waals surface area contributed by atoms with Gasteiger partial charge < -0.3 is 5.32 Å². The van der Waals surface area contributed by atoms with Crippen LogP contribution in [0.25, 0.3) is 22.3 Å². The van der Waals surface area contributed by atoms with E-state index in [0.29, 0.717) is 17.6 Å². The highest BCUT2D eigenvalue weighted by molar-refractivity contribution is 9.10. The van der Waals surface area contributed by atoms with E-state index in [-0.39, 0.29) is 5.91 Å². The second-order valence-electron chi connectivity index (χ2n) is 6.01. The monoisotopic (exact) mass is 413 g/mol. The van der Waals surface area contributed by atoms with Crippen LogP contribution in [0.1, 0.15) is 12.8 Å². The Labute approximate surface area is 158 Å². The van der Waals surface area contributed by atoms with E-state index in [9.17, 15) is 4.79 Å². The molecule has 1 heterocycles. The number of halogens is 1. The summed E-state index contributed by atoms with van der Waals surface area (Å²) in [4.78, 5) is 21.4. The van der Waals surface area contributed by atoms with Gasteiger partial charge in [-0.3, -0.25) is 4.79 Å². The molecule has 4 rings (SSSR count). The highest BCUT2D eigenvalue weighted by Crippen LogP contribution is 2.29. The topological polar surface area (TPSA) is 54.9 Å². The minimum Gasteiger partial charge on any atom is -0.353 e. The molecule has 126 valence electrons. The van der Waals surface area contributed by atoms with Crippen LogP contribution in [-0.4, -0.2) is 27.7 Å². The zero-order chi connectivity index (χ0) is 17.2. The Balaban J connectivity index is 1.65. The summed E-state index contributed by atoms with van der Waals surface area (Å²) in [5.74, 6) is 1.12. The van der Waals surface area contributed by atoms with Crippen LogP contribution >= 0.6 is 27.7 Å². The fourth-order valence-electron chi connectivity index (χ4n) is 2.52. The molecule has 0 unspecified atom stereocenters. The number of thioether (sulfide) groups is 1. The summed E-state index contributed by atoms with van der Waals surface area (Å²) >= 11 is 4.92. The molecule has 0 bridgehead atoms. The number of aromatic nitrogens is 2. The van der Waals surface area contributed by atoms with Crippen LogP contribution in [0.2, 0.25) is 0 Å². The normalized spacial score (nSPS) is 13.8. The van der Waals surface area contributed by atoms with Crippen molar-refractivity contribution in [3.05, 3.63) is 53.0 Å². The third kappa shape index (κ3) is 4.02. The van der Waals surface area contributed by atoms with Crippen LogP contribution in [0.5, 0.6) is 0 Å². The van der Waals surface area contributed by atoms with Crippen molar-refractivity contribution in [3.63, 3.8) is 0 Å². The number of benzene rings is 2. The maximum Gasteiger partial charge on any atom is 0.230 e. The van der Waals surface area contributed by atoms with Crippen molar-refractivity contribution in [2.75, 3.05) is 5.75 Å². The van der Waals surface area contributed by atoms with Gasteiger partial charge in [-0.15, -0.1) is 0 Å². The maximum absolute atomic E-state index is 12.0. The number of hydrogen-bond donors (Lipinski definition) is 1. The third-order valence-corrected chi connectivity index (χ3v) is 5.47. The molecule has 6 heteroatoms. The smallest absolute Gasteiger partial charge is 0.230 e. The minimum atomic E-state index is 0.0698. The number of amides is 1. The third-order valence-electron chi connectivity index (χ3n) is 3.95. The lowest BCUT2D eigenvalue weighted by molar-refractivity contribution is -0.118. The van der Waals surface area contributed by atoms with Gasteiger partial charge in [0, 0.05) is 21.5 Å². The van der Waals surface area contributed by atoms with Gasteiger partial charge in [0.25, 0.3) is 0 Å². The fraction of sp³-hybridized carbons (Fsp3) is 0.211. The SMILES string of the molecule is O=C(CSc1nc(-c2ccc(Br)cc2)nc2ccccc12)NC1CC1. The van der Waals surface area contributed by atoms with E-state index in [1.54, 1.807) is 0 Å². The zero-order valence-corrected chi connectivity index (χ0v) is 15.8. The molecule has 0 spiro atoms. The highest BCUT2D eigenvalue weighted by atomic mass is 79.9. The maximum atomic E-state index is 12.0. The van der Waals surface area contributed by atoms with Gasteiger partial charge in [-0.25, -0.2) is 9.97 Å². The largest absolute Gasteiger partial charge is 0.353 e. The predicted molar refractivity (Wildman–Crippen MR) is 105 cm³/mol. The first-order valence-corrected chi connectivity index (χ1v) is 9.92. The lowest BCUT2D eigenvalue weighted by atomic mass is 10.2. The van der Waals surface area contributed by atoms with Gasteiger partial charge in [-0.2, -0.15) is 0 Å². The molecule has 1 saturated carbocycles. The Hall–Kier alpha value is -1.92. The lowest BCUT2D eigenvalue weighted by Gasteiger charge is -2.09. The van der Waals surface area contributed by atoms with E-state index >= 15 is 0 Å². The molecule has 0 radical (unpaired) electrons. The molecule has 0 atom stereocenters. The van der Waals surface area contributed by atoms with Crippen LogP contribution in [0.4, 0.5) is 0 Å². The molecule has 3 aromatic rings. The Bertz CT molecular complexity index is 926. The molecule has 0 aliphatic heterocycles. The van der Waals surface area contributed by atoms with Gasteiger partial charge in [0.15, 0.2) is 5.82 Å². The summed E-state index contributed by atoms with van der Waals surface area (Å²) < 4.78 is 1.02. The van der Waals surface area contributed by atoms with Gasteiger partial charge in [-0.05, 0) is 31.0 Å². The first-order valence-electron chi connectivity index (χ1n) is 8.14. The van der Waals surface area contributed by atoms with Gasteiger partial charge in [0.05, 0.1) is 11.3 Å². The predicted octanol–water partition coefficient (Wildman–Crippen LogP) is 4.43. The summed E-state index contributed by atoms with van der Waals surface area (Å²) in [7, 11) is 0. The molecule has 2 aromatic carbocycles. The second-order valence-corrected chi connectivity index (χ2v) is 7.89. The van der Waals surface area contributed by atoms with Crippen molar-refractivity contribution < 1.29 is 4.79 Å². The molecule has 4 nitrogen and oxygen atoms in total. The van der Waals surface area contributed by atoms with Gasteiger partial charge in [-0.1, -0.05) is 58.0 Å². The quantitative estimate of drug-likeness (QED) is 0.496. The second kappa shape index (κ2) is 7.14. The fourth-order valence-corrected chi connectivity index (χ4v) is 3.61. The molecule has 1 N–H and O–H groups in total. The summed E-state index contributed by atoms with van der Waals surface area (Å²) in [6, 6.07) is 16.2. The van der Waals surface area contributed by atoms with Crippen molar-refractivity contribution in [1.82, 2.24) is 15.3 Å². The van der Waals surface area contributed by atoms with Crippen molar-refractivity contribution in [2.45, 2.75) is 23.9 Å². The number of hydrogen-bond acceptors (Lipinski definition) is 4. The van der Waals surface area contributed by atoms with Crippen LogP contribution < -0.4 is 5.32 Å². The summed E-state index contributed by atoms with van der Waals surface area (Å²) in [6.07, 6.45) is 2.20. The molecular formula is C19H16BrN3OS. The van der Waals surface area contributed by atoms with E-state index in [2.05, 4.69) is 26.2 Å². The van der Waals surface area contributed by atoms with E-state index in [1.807, 2.05) is 48.5 Å². The van der Waals surface area contributed by atoms with Crippen LogP contribution in [0.15, 0.2) is 58.0 Å². The number of nitrogens with zero attached hydrogens (tertiary/aromatic N) is 2. The highest BCUT2D eigenvalue weighted by Gasteiger charge is 2.23. The van der Waals surface area contributed by atoms with Crippen LogP contribution in [-0.2, 0) is 4.79 Å². The number of para-hydroxylation sites is 1. The van der Waals surface area contributed by atoms with E-state index in [0.717, 1.165) is 38.8 Å². The molecule has 25 heavy (non-hydrogen) atoms. The Kier molecular flexibility index (Phi) is 4.72. The van der Waals surface area contributed by atoms with E-state index in [1.165, 1.54) is 11.8 Å². The van der Waals surface area contributed by atoms with Crippen molar-refractivity contribution in [3.8, 4) is 11.4 Å². The molecule has 1 aliphatic carbocycles. The summed E-state index contributed by atoms with van der Waals surface area (Å²) in [5, 5.41) is 4.84. The molecule has 1 aromatic heterocycles.